The molecule has 6 aliphatic carbocycles. The van der Waals surface area contributed by atoms with E-state index in [-0.39, 0.29) is 0 Å². The largest absolute Gasteiger partial charge is 0.309 e. The molecular formula is C120H67N7. The predicted molar refractivity (Wildman–Crippen MR) is 518 cm³/mol. The van der Waals surface area contributed by atoms with E-state index in [1.165, 1.54) is 186 Å². The van der Waals surface area contributed by atoms with Gasteiger partial charge in [-0.25, -0.2) is 0 Å². The highest BCUT2D eigenvalue weighted by atomic mass is 15.0. The summed E-state index contributed by atoms with van der Waals surface area (Å²) in [5.41, 5.74) is 34.5. The second-order valence-electron chi connectivity index (χ2n) is 35.8. The third-order valence-electron chi connectivity index (χ3n) is 31.0. The van der Waals surface area contributed by atoms with Gasteiger partial charge in [0.15, 0.2) is 0 Å². The lowest BCUT2D eigenvalue weighted by Crippen LogP contribution is -2.42. The van der Waals surface area contributed by atoms with E-state index in [2.05, 4.69) is 384 Å². The van der Waals surface area contributed by atoms with E-state index in [4.69, 9.17) is 19.9 Å². The van der Waals surface area contributed by atoms with Gasteiger partial charge in [0.1, 0.15) is 0 Å². The Balaban J connectivity index is 0.580. The number of hydrogen-bond acceptors (Lipinski definition) is 4. The van der Waals surface area contributed by atoms with Gasteiger partial charge in [0.05, 0.1) is 88.9 Å². The smallest absolute Gasteiger partial charge is 0.0789 e. The first-order valence-electron chi connectivity index (χ1n) is 44.2. The van der Waals surface area contributed by atoms with Crippen molar-refractivity contribution >= 4 is 130 Å². The molecule has 582 valence electrons. The molecule has 6 aliphatic rings. The van der Waals surface area contributed by atoms with Gasteiger partial charge in [-0.3, -0.25) is 19.9 Å². The van der Waals surface area contributed by atoms with Crippen LogP contribution in [0.25, 0.3) is 203 Å². The van der Waals surface area contributed by atoms with Crippen molar-refractivity contribution in [2.24, 2.45) is 0 Å². The summed E-state index contributed by atoms with van der Waals surface area (Å²) in [4.78, 5) is 20.6. The molecule has 0 aliphatic heterocycles. The van der Waals surface area contributed by atoms with Crippen molar-refractivity contribution < 1.29 is 0 Å². The van der Waals surface area contributed by atoms with Gasteiger partial charge in [0.2, 0.25) is 0 Å². The van der Waals surface area contributed by atoms with Crippen LogP contribution in [0, 0.1) is 0 Å². The number of fused-ring (bicyclic) bond motifs is 10. The Bertz CT molecular complexity index is 9200. The van der Waals surface area contributed by atoms with Crippen LogP contribution in [-0.4, -0.2) is 33.6 Å². The lowest BCUT2D eigenvalue weighted by atomic mass is 9.59. The topological polar surface area (TPSA) is 66.3 Å². The molecule has 0 bridgehead atoms. The molecule has 0 radical (unpaired) electrons. The molecule has 0 spiro atoms. The van der Waals surface area contributed by atoms with Gasteiger partial charge in [-0.05, 0) is 217 Å². The molecule has 31 rings (SSSR count). The molecule has 127 heavy (non-hydrogen) atoms. The van der Waals surface area contributed by atoms with Crippen LogP contribution in [0.3, 0.4) is 0 Å². The number of para-hydroxylation sites is 4. The third kappa shape index (κ3) is 7.55. The minimum absolute atomic E-state index is 0.611. The summed E-state index contributed by atoms with van der Waals surface area (Å²) in [7, 11) is 0. The maximum Gasteiger partial charge on any atom is 0.0789 e. The first-order chi connectivity index (χ1) is 63.1. The lowest BCUT2D eigenvalue weighted by molar-refractivity contribution is 0.492. The second-order valence-corrected chi connectivity index (χ2v) is 35.8. The molecule has 18 aromatic carbocycles. The van der Waals surface area contributed by atoms with Gasteiger partial charge < -0.3 is 13.7 Å². The molecule has 7 heteroatoms. The van der Waals surface area contributed by atoms with Crippen LogP contribution in [0.1, 0.15) is 66.8 Å². The monoisotopic (exact) mass is 1610 g/mol. The Hall–Kier alpha value is -16.5. The summed E-state index contributed by atoms with van der Waals surface area (Å²) >= 11 is 0. The van der Waals surface area contributed by atoms with E-state index in [9.17, 15) is 0 Å². The van der Waals surface area contributed by atoms with Crippen LogP contribution < -0.4 is 0 Å². The molecule has 2 atom stereocenters. The quantitative estimate of drug-likeness (QED) is 0.152. The summed E-state index contributed by atoms with van der Waals surface area (Å²) < 4.78 is 7.67. The van der Waals surface area contributed by atoms with Crippen LogP contribution >= 0.6 is 0 Å². The van der Waals surface area contributed by atoms with Crippen molar-refractivity contribution in [3.63, 3.8) is 0 Å². The Morgan fingerprint density at radius 1 is 0.173 bits per heavy atom. The Morgan fingerprint density at radius 2 is 0.496 bits per heavy atom. The summed E-state index contributed by atoms with van der Waals surface area (Å²) in [6.45, 7) is 0. The van der Waals surface area contributed by atoms with E-state index in [1.54, 1.807) is 0 Å². The van der Waals surface area contributed by atoms with Gasteiger partial charge >= 0.3 is 0 Å². The Kier molecular flexibility index (Phi) is 12.4. The van der Waals surface area contributed by atoms with Crippen LogP contribution in [0.2, 0.25) is 0 Å². The van der Waals surface area contributed by atoms with Crippen LogP contribution in [0.15, 0.2) is 407 Å². The Labute approximate surface area is 727 Å². The standard InChI is InChI=1S/C120H67N7/c1-2-23-69(24-3-1)125-102-44-7-4-25-75(102)81-49-50-82-76-26-5-8-45-103(76)127(116(82)115(81)125)106-63-60-97-114-85(106)34-21-40-91(114)118-88-37-18-31-79-73(100-43-12-15-66-123-100)53-57-94(111(79)88)120(97,118)95-58-54-74(80-32-19-38-89(118)112(80)95)101-61-48-68(67-124-101)70-28-22-47-107-108(70)83-27-6-9-46-104(83)126(107)105-62-59-96-113-84(105)33-20-39-90(113)117-86-35-16-29-77-71(98-41-10-13-64-121-98)51-55-92(109(77)86)119(96,117)93-56-52-72(99-42-11-14-65-122-99)78-30-17-36-87(117)110(78)93/h1-67H. The molecule has 0 saturated carbocycles. The molecule has 7 heterocycles. The average molecular weight is 1610 g/mol. The fourth-order valence-corrected chi connectivity index (χ4v) is 27.0. The van der Waals surface area contributed by atoms with Gasteiger partial charge in [-0.2, -0.15) is 0 Å². The number of rotatable bonds is 8. The molecule has 0 fully saturated rings. The van der Waals surface area contributed by atoms with E-state index < -0.39 is 21.7 Å². The molecule has 0 saturated heterocycles. The summed E-state index contributed by atoms with van der Waals surface area (Å²) in [6, 6.07) is 145. The zero-order valence-corrected chi connectivity index (χ0v) is 68.3. The maximum atomic E-state index is 5.65. The number of pyridine rings is 4. The number of aromatic nitrogens is 7. The lowest BCUT2D eigenvalue weighted by Gasteiger charge is -2.40. The van der Waals surface area contributed by atoms with Crippen molar-refractivity contribution in [3.05, 3.63) is 474 Å². The first kappa shape index (κ1) is 67.1. The normalized spacial score (nSPS) is 17.9. The van der Waals surface area contributed by atoms with Crippen LogP contribution in [0.4, 0.5) is 0 Å². The second kappa shape index (κ2) is 23.5. The van der Waals surface area contributed by atoms with Crippen molar-refractivity contribution in [2.45, 2.75) is 21.7 Å². The van der Waals surface area contributed by atoms with E-state index in [0.717, 1.165) is 84.3 Å². The summed E-state index contributed by atoms with van der Waals surface area (Å²) in [5.74, 6) is 0. The van der Waals surface area contributed by atoms with Crippen molar-refractivity contribution in [3.8, 4) is 73.2 Å². The van der Waals surface area contributed by atoms with Gasteiger partial charge in [-0.1, -0.05) is 291 Å². The molecule has 0 amide bonds. The predicted octanol–water partition coefficient (Wildman–Crippen LogP) is 28.4. The zero-order valence-electron chi connectivity index (χ0n) is 68.3. The molecular weight excluding hydrogens is 1540 g/mol. The SMILES string of the molecule is c1ccc(-n2c3ccccc3c3ccc4c5ccccc5n(-c5ccc6c7c(cccc57)C57c8cccc9c(-c%10ccccn%10)ccc(c89)C65c5ccc(-c6ccc(-c8cccc9c8c8ccccc8n9-c8ccc9c%10c(cccc8%10)C8%10c%11cccc%12c(-c%13ccccn%13)ccc(c%11%12)C98c8ccc(-c9ccccn9)c9cccc%10c89)cn6)c6cccc7c56)c4c32)cc1. The summed E-state index contributed by atoms with van der Waals surface area (Å²) in [5, 5.41) is 22.5. The average Bonchev–Trinajstić information content (AvgIpc) is 1.44. The molecule has 2 unspecified atom stereocenters. The molecule has 7 aromatic heterocycles. The third-order valence-corrected chi connectivity index (χ3v) is 31.0. The summed E-state index contributed by atoms with van der Waals surface area (Å²) in [6.07, 6.45) is 7.90. The highest BCUT2D eigenvalue weighted by Crippen LogP contribution is 2.79. The van der Waals surface area contributed by atoms with E-state index >= 15 is 0 Å². The maximum absolute atomic E-state index is 5.65. The fraction of sp³-hybridized carbons (Fsp3) is 0.0333. The van der Waals surface area contributed by atoms with Gasteiger partial charge in [0.25, 0.3) is 0 Å². The fourth-order valence-electron chi connectivity index (χ4n) is 27.0. The highest BCUT2D eigenvalue weighted by Gasteiger charge is 2.72. The highest BCUT2D eigenvalue weighted by molar-refractivity contribution is 6.27. The van der Waals surface area contributed by atoms with E-state index in [0.29, 0.717) is 0 Å². The zero-order chi connectivity index (χ0) is 82.2. The van der Waals surface area contributed by atoms with Crippen LogP contribution in [-0.2, 0) is 21.7 Å². The number of hydrogen-bond donors (Lipinski definition) is 0. The van der Waals surface area contributed by atoms with Crippen molar-refractivity contribution in [1.29, 1.82) is 0 Å². The van der Waals surface area contributed by atoms with Crippen molar-refractivity contribution in [2.75, 3.05) is 0 Å². The van der Waals surface area contributed by atoms with Gasteiger partial charge in [-0.15, -0.1) is 0 Å². The minimum atomic E-state index is -0.674. The molecule has 25 aromatic rings. The van der Waals surface area contributed by atoms with Gasteiger partial charge in [0, 0.05) is 101 Å². The molecule has 7 nitrogen and oxygen atoms in total. The number of benzene rings is 18. The molecule has 0 N–H and O–H groups in total. The Morgan fingerprint density at radius 3 is 0.913 bits per heavy atom. The van der Waals surface area contributed by atoms with Crippen molar-refractivity contribution in [1.82, 2.24) is 33.6 Å². The van der Waals surface area contributed by atoms with E-state index in [1.807, 2.05) is 36.8 Å². The van der Waals surface area contributed by atoms with Crippen LogP contribution in [0.5, 0.6) is 0 Å². The first-order valence-corrected chi connectivity index (χ1v) is 44.2. The number of nitrogens with zero attached hydrogens (tertiary/aromatic N) is 7. The minimum Gasteiger partial charge on any atom is -0.309 e.